The van der Waals surface area contributed by atoms with E-state index in [9.17, 15) is 10.2 Å². The molecule has 3 aliphatic rings. The summed E-state index contributed by atoms with van der Waals surface area (Å²) in [5.74, 6) is -3.03. The predicted molar refractivity (Wildman–Crippen MR) is 108 cm³/mol. The van der Waals surface area contributed by atoms with Crippen LogP contribution in [-0.4, -0.2) is 68.9 Å². The van der Waals surface area contributed by atoms with Gasteiger partial charge in [-0.05, 0) is 11.1 Å². The second-order valence-electron chi connectivity index (χ2n) is 7.85. The van der Waals surface area contributed by atoms with Gasteiger partial charge in [0.15, 0.2) is 6.29 Å². The lowest BCUT2D eigenvalue weighted by Gasteiger charge is -2.60. The topological polar surface area (TPSA) is 95.8 Å². The Morgan fingerprint density at radius 1 is 0.839 bits per heavy atom. The SMILES string of the molecule is CO[C@H]1O[C@H](CO)C2O[C@@]3(OC)c4ccccc4-c4ccccc4[C@]3(OC)OC2[C@@H]1O. The van der Waals surface area contributed by atoms with Crippen LogP contribution in [0.1, 0.15) is 11.1 Å². The average Bonchev–Trinajstić information content (AvgIpc) is 2.83. The Hall–Kier alpha value is -1.88. The Balaban J connectivity index is 1.76. The van der Waals surface area contributed by atoms with E-state index in [1.165, 1.54) is 21.3 Å². The van der Waals surface area contributed by atoms with Gasteiger partial charge >= 0.3 is 0 Å². The highest BCUT2D eigenvalue weighted by molar-refractivity contribution is 5.76. The largest absolute Gasteiger partial charge is 0.394 e. The third-order valence-electron chi connectivity index (χ3n) is 6.49. The summed E-state index contributed by atoms with van der Waals surface area (Å²) in [6.07, 6.45) is -4.71. The molecule has 1 aliphatic carbocycles. The van der Waals surface area contributed by atoms with E-state index < -0.39 is 42.3 Å². The van der Waals surface area contributed by atoms with E-state index in [0.29, 0.717) is 5.56 Å². The van der Waals surface area contributed by atoms with Gasteiger partial charge in [-0.2, -0.15) is 0 Å². The van der Waals surface area contributed by atoms with E-state index in [1.807, 2.05) is 48.5 Å². The van der Waals surface area contributed by atoms with Crippen LogP contribution in [0, 0.1) is 0 Å². The second kappa shape index (κ2) is 7.61. The monoisotopic (exact) mass is 430 g/mol. The summed E-state index contributed by atoms with van der Waals surface area (Å²) in [6, 6.07) is 15.4. The first kappa shape index (κ1) is 21.0. The third kappa shape index (κ3) is 2.65. The summed E-state index contributed by atoms with van der Waals surface area (Å²) in [5, 5.41) is 20.9. The molecule has 2 N–H and O–H groups in total. The standard InChI is InChI=1S/C23H26O8/c1-26-21-18(25)20-19(17(12-24)29-21)30-22(27-2)15-10-6-4-8-13(15)14-9-5-7-11-16(14)23(22,28-3)31-20/h4-11,17-21,24-25H,12H2,1-3H3/t17-,18+,19?,20?,21+,22+,23+/m1/s1. The Kier molecular flexibility index (Phi) is 5.16. The van der Waals surface area contributed by atoms with Crippen molar-refractivity contribution in [1.29, 1.82) is 0 Å². The van der Waals surface area contributed by atoms with Crippen molar-refractivity contribution in [3.8, 4) is 11.1 Å². The molecule has 2 unspecified atom stereocenters. The first-order valence-electron chi connectivity index (χ1n) is 10.2. The first-order valence-corrected chi connectivity index (χ1v) is 10.2. The van der Waals surface area contributed by atoms with Gasteiger partial charge in [0.1, 0.15) is 24.4 Å². The third-order valence-corrected chi connectivity index (χ3v) is 6.49. The quantitative estimate of drug-likeness (QED) is 0.753. The highest BCUT2D eigenvalue weighted by Gasteiger charge is 2.70. The molecule has 0 amide bonds. The van der Waals surface area contributed by atoms with E-state index >= 15 is 0 Å². The molecule has 8 heteroatoms. The molecule has 0 saturated carbocycles. The van der Waals surface area contributed by atoms with E-state index in [4.69, 9.17) is 28.4 Å². The van der Waals surface area contributed by atoms with Gasteiger partial charge in [-0.25, -0.2) is 0 Å². The molecule has 0 aromatic heterocycles. The molecule has 2 heterocycles. The van der Waals surface area contributed by atoms with Crippen molar-refractivity contribution in [3.63, 3.8) is 0 Å². The lowest BCUT2D eigenvalue weighted by molar-refractivity contribution is -0.504. The molecule has 2 aromatic rings. The summed E-state index contributed by atoms with van der Waals surface area (Å²) in [7, 11) is 4.46. The van der Waals surface area contributed by atoms with Crippen LogP contribution in [0.3, 0.4) is 0 Å². The molecule has 166 valence electrons. The zero-order valence-electron chi connectivity index (χ0n) is 17.6. The molecule has 2 fully saturated rings. The summed E-state index contributed by atoms with van der Waals surface area (Å²) < 4.78 is 36.3. The molecule has 2 saturated heterocycles. The summed E-state index contributed by atoms with van der Waals surface area (Å²) in [6.45, 7) is -0.352. The normalized spacial score (nSPS) is 38.5. The van der Waals surface area contributed by atoms with Gasteiger partial charge < -0.3 is 38.6 Å². The van der Waals surface area contributed by atoms with E-state index in [1.54, 1.807) is 0 Å². The van der Waals surface area contributed by atoms with Crippen molar-refractivity contribution >= 4 is 0 Å². The van der Waals surface area contributed by atoms with Crippen LogP contribution >= 0.6 is 0 Å². The maximum atomic E-state index is 10.9. The first-order chi connectivity index (χ1) is 15.1. The minimum atomic E-state index is -1.52. The van der Waals surface area contributed by atoms with E-state index in [0.717, 1.165) is 16.7 Å². The number of ether oxygens (including phenoxy) is 6. The molecular weight excluding hydrogens is 404 g/mol. The Morgan fingerprint density at radius 2 is 1.35 bits per heavy atom. The van der Waals surface area contributed by atoms with Crippen LogP contribution < -0.4 is 0 Å². The summed E-state index contributed by atoms with van der Waals surface area (Å²) in [5.41, 5.74) is 3.27. The number of hydrogen-bond acceptors (Lipinski definition) is 8. The van der Waals surface area contributed by atoms with Crippen LogP contribution in [0.4, 0.5) is 0 Å². The Bertz CT molecular complexity index is 966. The Labute approximate surface area is 180 Å². The highest BCUT2D eigenvalue weighted by atomic mass is 16.8. The zero-order valence-corrected chi connectivity index (χ0v) is 17.6. The van der Waals surface area contributed by atoms with Crippen molar-refractivity contribution in [2.75, 3.05) is 27.9 Å². The fraction of sp³-hybridized carbons (Fsp3) is 0.478. The molecule has 0 bridgehead atoms. The molecular formula is C23H26O8. The van der Waals surface area contributed by atoms with Crippen LogP contribution in [0.2, 0.25) is 0 Å². The Morgan fingerprint density at radius 3 is 1.84 bits per heavy atom. The molecule has 31 heavy (non-hydrogen) atoms. The molecule has 0 radical (unpaired) electrons. The molecule has 2 aromatic carbocycles. The van der Waals surface area contributed by atoms with Gasteiger partial charge in [-0.1, -0.05) is 48.5 Å². The van der Waals surface area contributed by atoms with Crippen molar-refractivity contribution in [2.24, 2.45) is 0 Å². The number of methoxy groups -OCH3 is 3. The average molecular weight is 430 g/mol. The lowest BCUT2D eigenvalue weighted by atomic mass is 9.75. The molecule has 5 rings (SSSR count). The van der Waals surface area contributed by atoms with Crippen LogP contribution in [0.25, 0.3) is 11.1 Å². The van der Waals surface area contributed by atoms with E-state index in [2.05, 4.69) is 0 Å². The fourth-order valence-electron chi connectivity index (χ4n) is 5.13. The lowest BCUT2D eigenvalue weighted by Crippen LogP contribution is -2.72. The van der Waals surface area contributed by atoms with Gasteiger partial charge in [0.05, 0.1) is 6.61 Å². The van der Waals surface area contributed by atoms with Gasteiger partial charge in [0, 0.05) is 32.5 Å². The van der Waals surface area contributed by atoms with Gasteiger partial charge in [0.25, 0.3) is 11.6 Å². The van der Waals surface area contributed by atoms with Crippen molar-refractivity contribution in [3.05, 3.63) is 59.7 Å². The van der Waals surface area contributed by atoms with Crippen molar-refractivity contribution in [2.45, 2.75) is 42.3 Å². The van der Waals surface area contributed by atoms with Crippen LogP contribution in [0.5, 0.6) is 0 Å². The number of aliphatic hydroxyl groups is 2. The predicted octanol–water partition coefficient (Wildman–Crippen LogP) is 1.47. The molecule has 0 spiro atoms. The van der Waals surface area contributed by atoms with Crippen molar-refractivity contribution < 1.29 is 38.6 Å². The summed E-state index contributed by atoms with van der Waals surface area (Å²) >= 11 is 0. The number of benzene rings is 2. The number of hydrogen-bond donors (Lipinski definition) is 2. The molecule has 7 atom stereocenters. The fourth-order valence-corrected chi connectivity index (χ4v) is 5.13. The van der Waals surface area contributed by atoms with E-state index in [-0.39, 0.29) is 6.61 Å². The maximum absolute atomic E-state index is 10.9. The van der Waals surface area contributed by atoms with Gasteiger partial charge in [-0.3, -0.25) is 0 Å². The van der Waals surface area contributed by atoms with Crippen molar-refractivity contribution in [1.82, 2.24) is 0 Å². The molecule has 2 aliphatic heterocycles. The minimum absolute atomic E-state index is 0.352. The smallest absolute Gasteiger partial charge is 0.256 e. The minimum Gasteiger partial charge on any atom is -0.394 e. The zero-order chi connectivity index (χ0) is 21.8. The second-order valence-corrected chi connectivity index (χ2v) is 7.85. The van der Waals surface area contributed by atoms with Crippen LogP contribution in [-0.2, 0) is 40.0 Å². The number of rotatable bonds is 4. The van der Waals surface area contributed by atoms with Crippen LogP contribution in [0.15, 0.2) is 48.5 Å². The van der Waals surface area contributed by atoms with Gasteiger partial charge in [-0.15, -0.1) is 0 Å². The highest BCUT2D eigenvalue weighted by Crippen LogP contribution is 2.60. The van der Waals surface area contributed by atoms with Gasteiger partial charge in [0.2, 0.25) is 0 Å². The maximum Gasteiger partial charge on any atom is 0.256 e. The molecule has 8 nitrogen and oxygen atoms in total. The number of aliphatic hydroxyl groups excluding tert-OH is 2. The summed E-state index contributed by atoms with van der Waals surface area (Å²) in [4.78, 5) is 0. The number of fused-ring (bicyclic) bond motifs is 7.